The van der Waals surface area contributed by atoms with Gasteiger partial charge in [-0.3, -0.25) is 19.4 Å². The number of hydrogen-bond acceptors (Lipinski definition) is 5. The van der Waals surface area contributed by atoms with E-state index in [4.69, 9.17) is 4.74 Å². The van der Waals surface area contributed by atoms with E-state index in [0.29, 0.717) is 24.3 Å². The highest BCUT2D eigenvalue weighted by Crippen LogP contribution is 2.33. The van der Waals surface area contributed by atoms with Crippen molar-refractivity contribution in [2.24, 2.45) is 0 Å². The van der Waals surface area contributed by atoms with E-state index < -0.39 is 0 Å². The molecule has 0 N–H and O–H groups in total. The first-order valence-electron chi connectivity index (χ1n) is 11.5. The van der Waals surface area contributed by atoms with Crippen molar-refractivity contribution in [2.45, 2.75) is 18.9 Å². The van der Waals surface area contributed by atoms with Crippen molar-refractivity contribution in [1.29, 1.82) is 0 Å². The molecule has 0 aliphatic carbocycles. The van der Waals surface area contributed by atoms with Crippen LogP contribution >= 0.6 is 0 Å². The van der Waals surface area contributed by atoms with Crippen LogP contribution in [0.4, 0.5) is 5.69 Å². The Kier molecular flexibility index (Phi) is 6.06. The fourth-order valence-electron chi connectivity index (χ4n) is 4.81. The fraction of sp³-hybridized carbons (Fsp3) is 0.385. The van der Waals surface area contributed by atoms with Gasteiger partial charge in [-0.05, 0) is 30.5 Å². The van der Waals surface area contributed by atoms with Crippen molar-refractivity contribution in [1.82, 2.24) is 9.80 Å². The topological polar surface area (TPSA) is 53.1 Å². The zero-order valence-electron chi connectivity index (χ0n) is 18.3. The first kappa shape index (κ1) is 20.9. The van der Waals surface area contributed by atoms with Gasteiger partial charge in [-0.15, -0.1) is 0 Å². The van der Waals surface area contributed by atoms with Crippen LogP contribution in [0.5, 0.6) is 0 Å². The number of rotatable bonds is 6. The van der Waals surface area contributed by atoms with E-state index in [2.05, 4.69) is 34.1 Å². The molecule has 0 unspecified atom stereocenters. The average molecular weight is 432 g/mol. The highest BCUT2D eigenvalue weighted by atomic mass is 16.5. The minimum atomic E-state index is -0.188. The van der Waals surface area contributed by atoms with Crippen LogP contribution in [0.15, 0.2) is 54.6 Å². The van der Waals surface area contributed by atoms with Gasteiger partial charge >= 0.3 is 0 Å². The zero-order valence-corrected chi connectivity index (χ0v) is 18.3. The molecule has 166 valence electrons. The van der Waals surface area contributed by atoms with E-state index in [9.17, 15) is 9.59 Å². The maximum atomic E-state index is 13.2. The molecule has 6 heteroatoms. The molecule has 3 aliphatic rings. The molecule has 32 heavy (non-hydrogen) atoms. The maximum absolute atomic E-state index is 13.2. The summed E-state index contributed by atoms with van der Waals surface area (Å²) in [5.41, 5.74) is 3.18. The van der Waals surface area contributed by atoms with Crippen LogP contribution in [0, 0.1) is 0 Å². The van der Waals surface area contributed by atoms with Gasteiger partial charge in [0.15, 0.2) is 0 Å². The van der Waals surface area contributed by atoms with Crippen molar-refractivity contribution < 1.29 is 14.3 Å². The largest absolute Gasteiger partial charge is 0.376 e. The maximum Gasteiger partial charge on any atom is 0.263 e. The summed E-state index contributed by atoms with van der Waals surface area (Å²) in [5.74, 6) is -0.364. The van der Waals surface area contributed by atoms with Gasteiger partial charge in [-0.1, -0.05) is 48.6 Å². The molecule has 3 heterocycles. The molecule has 5 rings (SSSR count). The van der Waals surface area contributed by atoms with Gasteiger partial charge < -0.3 is 9.64 Å². The second-order valence-corrected chi connectivity index (χ2v) is 8.66. The third-order valence-electron chi connectivity index (χ3n) is 6.57. The number of imide groups is 1. The van der Waals surface area contributed by atoms with Crippen LogP contribution in [0.3, 0.4) is 0 Å². The quantitative estimate of drug-likeness (QED) is 0.657. The molecule has 3 aliphatic heterocycles. The number of amides is 2. The molecular formula is C26H29N3O3. The van der Waals surface area contributed by atoms with Crippen molar-refractivity contribution in [3.05, 3.63) is 71.3 Å². The highest BCUT2D eigenvalue weighted by Gasteiger charge is 2.40. The summed E-state index contributed by atoms with van der Waals surface area (Å²) in [6.07, 6.45) is 6.22. The van der Waals surface area contributed by atoms with Crippen LogP contribution in [0.1, 0.15) is 39.1 Å². The van der Waals surface area contributed by atoms with Gasteiger partial charge in [0.2, 0.25) is 0 Å². The van der Waals surface area contributed by atoms with Crippen molar-refractivity contribution in [3.8, 4) is 0 Å². The van der Waals surface area contributed by atoms with Gasteiger partial charge in [0.05, 0.1) is 29.5 Å². The van der Waals surface area contributed by atoms with E-state index in [1.165, 1.54) is 10.5 Å². The van der Waals surface area contributed by atoms with Crippen molar-refractivity contribution >= 4 is 23.6 Å². The summed E-state index contributed by atoms with van der Waals surface area (Å²) < 4.78 is 5.66. The first-order chi connectivity index (χ1) is 15.7. The fourth-order valence-corrected chi connectivity index (χ4v) is 4.81. The Morgan fingerprint density at radius 2 is 1.75 bits per heavy atom. The molecule has 0 bridgehead atoms. The lowest BCUT2D eigenvalue weighted by Crippen LogP contribution is -2.46. The molecule has 6 nitrogen and oxygen atoms in total. The Balaban J connectivity index is 1.23. The second kappa shape index (κ2) is 9.27. The van der Waals surface area contributed by atoms with Crippen LogP contribution < -0.4 is 4.90 Å². The number of anilines is 1. The Morgan fingerprint density at radius 1 is 0.938 bits per heavy atom. The minimum absolute atomic E-state index is 0.0341. The van der Waals surface area contributed by atoms with Gasteiger partial charge in [-0.2, -0.15) is 0 Å². The van der Waals surface area contributed by atoms with E-state index in [1.807, 2.05) is 30.3 Å². The SMILES string of the molecule is O=C1c2cccc(N3CCN(C/C=C/c4ccccc4)CC3)c2C(=O)N1C[C@H]1CCCO1. The third kappa shape index (κ3) is 4.20. The first-order valence-corrected chi connectivity index (χ1v) is 11.5. The van der Waals surface area contributed by atoms with Crippen LogP contribution in [0.2, 0.25) is 0 Å². The summed E-state index contributed by atoms with van der Waals surface area (Å²) in [7, 11) is 0. The molecule has 2 aromatic rings. The minimum Gasteiger partial charge on any atom is -0.376 e. The lowest BCUT2D eigenvalue weighted by atomic mass is 10.1. The molecule has 1 atom stereocenters. The average Bonchev–Trinajstić information content (AvgIpc) is 3.43. The lowest BCUT2D eigenvalue weighted by Gasteiger charge is -2.36. The Labute approximate surface area is 189 Å². The van der Waals surface area contributed by atoms with Crippen molar-refractivity contribution in [3.63, 3.8) is 0 Å². The summed E-state index contributed by atoms with van der Waals surface area (Å²) in [6.45, 7) is 5.49. The Bertz CT molecular complexity index is 1010. The van der Waals surface area contributed by atoms with Gasteiger partial charge in [0.25, 0.3) is 11.8 Å². The zero-order chi connectivity index (χ0) is 21.9. The number of piperazine rings is 1. The van der Waals surface area contributed by atoms with Crippen LogP contribution in [-0.4, -0.2) is 73.6 Å². The van der Waals surface area contributed by atoms with E-state index >= 15 is 0 Å². The molecule has 0 saturated carbocycles. The molecule has 2 fully saturated rings. The molecule has 2 aromatic carbocycles. The van der Waals surface area contributed by atoms with Crippen LogP contribution in [-0.2, 0) is 4.74 Å². The standard InChI is InChI=1S/C26H29N3O3/c30-25-22-11-4-12-23(24(22)26(31)29(25)19-21-10-6-18-32-21)28-16-14-27(15-17-28)13-5-9-20-7-2-1-3-8-20/h1-5,7-9,11-12,21H,6,10,13-19H2/b9-5+/t21-/m1/s1. The predicted octanol–water partition coefficient (Wildman–Crippen LogP) is 3.30. The summed E-state index contributed by atoms with van der Waals surface area (Å²) in [5, 5.41) is 0. The highest BCUT2D eigenvalue weighted by molar-refractivity contribution is 6.23. The number of fused-ring (bicyclic) bond motifs is 1. The van der Waals surface area contributed by atoms with Crippen LogP contribution in [0.25, 0.3) is 6.08 Å². The number of ether oxygens (including phenoxy) is 1. The number of nitrogens with zero attached hydrogens (tertiary/aromatic N) is 3. The van der Waals surface area contributed by atoms with Gasteiger partial charge in [0, 0.05) is 39.3 Å². The summed E-state index contributed by atoms with van der Waals surface area (Å²) in [4.78, 5) is 32.2. The molecule has 0 radical (unpaired) electrons. The van der Waals surface area contributed by atoms with Gasteiger partial charge in [0.1, 0.15) is 0 Å². The van der Waals surface area contributed by atoms with E-state index in [-0.39, 0.29) is 17.9 Å². The second-order valence-electron chi connectivity index (χ2n) is 8.66. The molecule has 0 spiro atoms. The Morgan fingerprint density at radius 3 is 2.50 bits per heavy atom. The monoisotopic (exact) mass is 431 g/mol. The molecular weight excluding hydrogens is 402 g/mol. The normalized spacial score (nSPS) is 21.7. The van der Waals surface area contributed by atoms with E-state index in [0.717, 1.165) is 51.3 Å². The summed E-state index contributed by atoms with van der Waals surface area (Å²) in [6, 6.07) is 16.0. The molecule has 2 saturated heterocycles. The smallest absolute Gasteiger partial charge is 0.263 e. The lowest BCUT2D eigenvalue weighted by molar-refractivity contribution is 0.0475. The number of benzene rings is 2. The molecule has 2 amide bonds. The summed E-state index contributed by atoms with van der Waals surface area (Å²) >= 11 is 0. The molecule has 0 aromatic heterocycles. The number of carbonyl (C=O) groups is 2. The van der Waals surface area contributed by atoms with E-state index in [1.54, 1.807) is 6.07 Å². The number of hydrogen-bond donors (Lipinski definition) is 0. The predicted molar refractivity (Wildman–Crippen MR) is 125 cm³/mol. The van der Waals surface area contributed by atoms with Gasteiger partial charge in [-0.25, -0.2) is 0 Å². The number of carbonyl (C=O) groups excluding carboxylic acids is 2. The van der Waals surface area contributed by atoms with Crippen molar-refractivity contribution in [2.75, 3.05) is 50.8 Å². The Hall–Kier alpha value is -2.96. The third-order valence-corrected chi connectivity index (χ3v) is 6.57.